The Morgan fingerprint density at radius 2 is 1.92 bits per heavy atom. The average Bonchev–Trinajstić information content (AvgIpc) is 3.02. The van der Waals surface area contributed by atoms with Crippen LogP contribution in [-0.4, -0.2) is 10.9 Å². The number of aromatic nitrogens is 1. The average molecular weight is 358 g/mol. The van der Waals surface area contributed by atoms with Crippen LogP contribution in [0.4, 0.5) is 13.9 Å². The summed E-state index contributed by atoms with van der Waals surface area (Å²) in [5.74, 6) is -1.99. The van der Waals surface area contributed by atoms with Crippen molar-refractivity contribution < 1.29 is 13.6 Å². The molecular weight excluding hydrogens is 342 g/mol. The van der Waals surface area contributed by atoms with E-state index in [0.717, 1.165) is 28.8 Å². The minimum absolute atomic E-state index is 0.167. The van der Waals surface area contributed by atoms with Crippen LogP contribution >= 0.6 is 11.3 Å². The van der Waals surface area contributed by atoms with Crippen LogP contribution < -0.4 is 5.32 Å². The highest BCUT2D eigenvalue weighted by atomic mass is 32.1. The maximum atomic E-state index is 13.3. The van der Waals surface area contributed by atoms with Gasteiger partial charge in [0.2, 0.25) is 5.91 Å². The summed E-state index contributed by atoms with van der Waals surface area (Å²) in [6.07, 6.45) is 0.258. The van der Waals surface area contributed by atoms with Crippen LogP contribution in [0, 0.1) is 25.5 Å². The van der Waals surface area contributed by atoms with Gasteiger partial charge in [0.1, 0.15) is 0 Å². The lowest BCUT2D eigenvalue weighted by Gasteiger charge is -2.06. The minimum atomic E-state index is -0.925. The number of carbonyl (C=O) groups excluding carboxylic acids is 1. The topological polar surface area (TPSA) is 42.0 Å². The standard InChI is InChI=1S/C19H16F2N2OS/c1-11-3-4-12(2)14(7-11)9-18(24)23-19-22-17(10-25-19)13-5-6-15(20)16(21)8-13/h3-8,10H,9H2,1-2H3,(H,22,23,24). The number of halogens is 2. The molecule has 25 heavy (non-hydrogen) atoms. The van der Waals surface area contributed by atoms with Crippen molar-refractivity contribution in [3.63, 3.8) is 0 Å². The van der Waals surface area contributed by atoms with E-state index >= 15 is 0 Å². The zero-order chi connectivity index (χ0) is 18.0. The Morgan fingerprint density at radius 3 is 2.68 bits per heavy atom. The molecule has 0 spiro atoms. The third kappa shape index (κ3) is 4.09. The van der Waals surface area contributed by atoms with Gasteiger partial charge in [-0.1, -0.05) is 23.8 Å². The SMILES string of the molecule is Cc1ccc(C)c(CC(=O)Nc2nc(-c3ccc(F)c(F)c3)cs2)c1. The Bertz CT molecular complexity index is 937. The summed E-state index contributed by atoms with van der Waals surface area (Å²) in [5, 5.41) is 4.87. The number of rotatable bonds is 4. The van der Waals surface area contributed by atoms with E-state index in [4.69, 9.17) is 0 Å². The number of aryl methyl sites for hydroxylation is 2. The van der Waals surface area contributed by atoms with Gasteiger partial charge in [-0.15, -0.1) is 11.3 Å². The maximum Gasteiger partial charge on any atom is 0.230 e. The van der Waals surface area contributed by atoms with Crippen LogP contribution in [-0.2, 0) is 11.2 Å². The predicted molar refractivity (Wildman–Crippen MR) is 95.7 cm³/mol. The quantitative estimate of drug-likeness (QED) is 0.722. The molecule has 3 rings (SSSR count). The molecule has 6 heteroatoms. The molecule has 0 radical (unpaired) electrons. The van der Waals surface area contributed by atoms with Gasteiger partial charge < -0.3 is 5.32 Å². The number of amides is 1. The third-order valence-corrected chi connectivity index (χ3v) is 4.58. The number of anilines is 1. The Hall–Kier alpha value is -2.60. The molecule has 0 aliphatic carbocycles. The molecular formula is C19H16F2N2OS. The summed E-state index contributed by atoms with van der Waals surface area (Å²) in [5.41, 5.74) is 4.08. The van der Waals surface area contributed by atoms with Crippen molar-refractivity contribution in [2.45, 2.75) is 20.3 Å². The highest BCUT2D eigenvalue weighted by Gasteiger charge is 2.11. The van der Waals surface area contributed by atoms with Gasteiger partial charge in [0.25, 0.3) is 0 Å². The second-order valence-electron chi connectivity index (χ2n) is 5.82. The van der Waals surface area contributed by atoms with E-state index in [-0.39, 0.29) is 12.3 Å². The Morgan fingerprint density at radius 1 is 1.12 bits per heavy atom. The molecule has 1 amide bonds. The van der Waals surface area contributed by atoms with Crippen molar-refractivity contribution in [3.05, 3.63) is 70.1 Å². The van der Waals surface area contributed by atoms with E-state index in [1.165, 1.54) is 17.4 Å². The van der Waals surface area contributed by atoms with Gasteiger partial charge in [-0.25, -0.2) is 13.8 Å². The van der Waals surface area contributed by atoms with E-state index in [0.29, 0.717) is 16.4 Å². The highest BCUT2D eigenvalue weighted by molar-refractivity contribution is 7.14. The lowest BCUT2D eigenvalue weighted by molar-refractivity contribution is -0.115. The van der Waals surface area contributed by atoms with Gasteiger partial charge in [-0.2, -0.15) is 0 Å². The molecule has 0 bridgehead atoms. The van der Waals surface area contributed by atoms with E-state index < -0.39 is 11.6 Å². The van der Waals surface area contributed by atoms with Gasteiger partial charge in [-0.3, -0.25) is 4.79 Å². The van der Waals surface area contributed by atoms with Crippen LogP contribution in [0.25, 0.3) is 11.3 Å². The lowest BCUT2D eigenvalue weighted by Crippen LogP contribution is -2.15. The van der Waals surface area contributed by atoms with E-state index in [9.17, 15) is 13.6 Å². The minimum Gasteiger partial charge on any atom is -0.302 e. The molecule has 1 heterocycles. The predicted octanol–water partition coefficient (Wildman–Crippen LogP) is 4.89. The summed E-state index contributed by atoms with van der Waals surface area (Å²) in [7, 11) is 0. The van der Waals surface area contributed by atoms with Crippen LogP contribution in [0.3, 0.4) is 0 Å². The van der Waals surface area contributed by atoms with Crippen LogP contribution in [0.1, 0.15) is 16.7 Å². The molecule has 128 valence electrons. The second-order valence-corrected chi connectivity index (χ2v) is 6.68. The fraction of sp³-hybridized carbons (Fsp3) is 0.158. The molecule has 1 N–H and O–H groups in total. The van der Waals surface area contributed by atoms with Crippen LogP contribution in [0.15, 0.2) is 41.8 Å². The molecule has 3 aromatic rings. The van der Waals surface area contributed by atoms with Crippen molar-refractivity contribution in [1.29, 1.82) is 0 Å². The summed E-state index contributed by atoms with van der Waals surface area (Å²) < 4.78 is 26.3. The zero-order valence-corrected chi connectivity index (χ0v) is 14.6. The van der Waals surface area contributed by atoms with Gasteiger partial charge >= 0.3 is 0 Å². The Kier molecular flexibility index (Phi) is 4.90. The first-order chi connectivity index (χ1) is 11.9. The Labute approximate surface area is 148 Å². The van der Waals surface area contributed by atoms with E-state index in [1.54, 1.807) is 5.38 Å². The molecule has 0 saturated heterocycles. The molecule has 0 atom stereocenters. The molecule has 3 nitrogen and oxygen atoms in total. The van der Waals surface area contributed by atoms with Gasteiger partial charge in [0.15, 0.2) is 16.8 Å². The normalized spacial score (nSPS) is 10.7. The van der Waals surface area contributed by atoms with Gasteiger partial charge in [0.05, 0.1) is 12.1 Å². The molecule has 1 aromatic heterocycles. The smallest absolute Gasteiger partial charge is 0.230 e. The van der Waals surface area contributed by atoms with Crippen molar-refractivity contribution in [3.8, 4) is 11.3 Å². The number of carbonyl (C=O) groups is 1. The molecule has 0 fully saturated rings. The molecule has 0 saturated carbocycles. The number of nitrogens with zero attached hydrogens (tertiary/aromatic N) is 1. The van der Waals surface area contributed by atoms with E-state index in [1.807, 2.05) is 32.0 Å². The lowest BCUT2D eigenvalue weighted by atomic mass is 10.0. The largest absolute Gasteiger partial charge is 0.302 e. The Balaban J connectivity index is 1.71. The third-order valence-electron chi connectivity index (χ3n) is 3.82. The summed E-state index contributed by atoms with van der Waals surface area (Å²) in [6, 6.07) is 9.59. The van der Waals surface area contributed by atoms with Crippen molar-refractivity contribution in [2.24, 2.45) is 0 Å². The number of benzene rings is 2. The number of hydrogen-bond donors (Lipinski definition) is 1. The molecule has 0 unspecified atom stereocenters. The van der Waals surface area contributed by atoms with E-state index in [2.05, 4.69) is 10.3 Å². The van der Waals surface area contributed by atoms with Crippen LogP contribution in [0.5, 0.6) is 0 Å². The summed E-state index contributed by atoms with van der Waals surface area (Å²) >= 11 is 1.24. The fourth-order valence-electron chi connectivity index (χ4n) is 2.45. The first-order valence-electron chi connectivity index (χ1n) is 7.69. The number of nitrogens with one attached hydrogen (secondary N) is 1. The summed E-state index contributed by atoms with van der Waals surface area (Å²) in [4.78, 5) is 16.5. The van der Waals surface area contributed by atoms with Crippen molar-refractivity contribution in [1.82, 2.24) is 4.98 Å². The monoisotopic (exact) mass is 358 g/mol. The number of thiazole rings is 1. The maximum absolute atomic E-state index is 13.3. The second kappa shape index (κ2) is 7.11. The zero-order valence-electron chi connectivity index (χ0n) is 13.8. The van der Waals surface area contributed by atoms with Crippen molar-refractivity contribution in [2.75, 3.05) is 5.32 Å². The first-order valence-corrected chi connectivity index (χ1v) is 8.57. The highest BCUT2D eigenvalue weighted by Crippen LogP contribution is 2.26. The molecule has 0 aliphatic rings. The van der Waals surface area contributed by atoms with Gasteiger partial charge in [0, 0.05) is 10.9 Å². The number of hydrogen-bond acceptors (Lipinski definition) is 3. The first kappa shape index (κ1) is 17.2. The van der Waals surface area contributed by atoms with Crippen molar-refractivity contribution >= 4 is 22.4 Å². The fourth-order valence-corrected chi connectivity index (χ4v) is 3.18. The molecule has 2 aromatic carbocycles. The van der Waals surface area contributed by atoms with Crippen LogP contribution in [0.2, 0.25) is 0 Å². The molecule has 0 aliphatic heterocycles. The van der Waals surface area contributed by atoms with Gasteiger partial charge in [-0.05, 0) is 43.2 Å². The summed E-state index contributed by atoms with van der Waals surface area (Å²) in [6.45, 7) is 3.95.